The van der Waals surface area contributed by atoms with Crippen LogP contribution in [-0.4, -0.2) is 20.8 Å². The van der Waals surface area contributed by atoms with Gasteiger partial charge in [0.15, 0.2) is 0 Å². The average Bonchev–Trinajstić information content (AvgIpc) is 2.87. The van der Waals surface area contributed by atoms with E-state index in [1.165, 1.54) is 11.8 Å². The van der Waals surface area contributed by atoms with Crippen LogP contribution in [0.4, 0.5) is 11.8 Å². The summed E-state index contributed by atoms with van der Waals surface area (Å²) in [6, 6.07) is 7.59. The zero-order valence-corrected chi connectivity index (χ0v) is 14.1. The molecule has 1 aromatic heterocycles. The summed E-state index contributed by atoms with van der Waals surface area (Å²) in [7, 11) is 0. The van der Waals surface area contributed by atoms with Crippen molar-refractivity contribution in [2.75, 3.05) is 16.8 Å². The minimum Gasteiger partial charge on any atom is -0.369 e. The van der Waals surface area contributed by atoms with Gasteiger partial charge in [-0.15, -0.1) is 0 Å². The number of carbonyl (C=O) groups excluding carboxylic acids is 1. The van der Waals surface area contributed by atoms with Crippen molar-refractivity contribution in [3.63, 3.8) is 0 Å². The number of thioether (sulfide) groups is 1. The molecule has 1 unspecified atom stereocenters. The topological polar surface area (TPSA) is 101 Å². The van der Waals surface area contributed by atoms with Crippen molar-refractivity contribution in [1.29, 1.82) is 0 Å². The number of hydrogen-bond acceptors (Lipinski definition) is 6. The molecule has 2 aromatic rings. The number of nitrogen functional groups attached to an aromatic ring is 1. The molecule has 6 nitrogen and oxygen atoms in total. The third kappa shape index (κ3) is 2.29. The van der Waals surface area contributed by atoms with E-state index in [1.807, 2.05) is 24.3 Å². The molecule has 0 amide bonds. The van der Waals surface area contributed by atoms with Gasteiger partial charge in [0, 0.05) is 27.4 Å². The molecule has 0 fully saturated rings. The lowest BCUT2D eigenvalue weighted by molar-refractivity contribution is -0.107. The van der Waals surface area contributed by atoms with Crippen LogP contribution >= 0.6 is 27.7 Å². The molecule has 116 valence electrons. The van der Waals surface area contributed by atoms with E-state index >= 15 is 0 Å². The van der Waals surface area contributed by atoms with Gasteiger partial charge in [0.05, 0.1) is 5.56 Å². The zero-order chi connectivity index (χ0) is 16.1. The van der Waals surface area contributed by atoms with Crippen LogP contribution in [0, 0.1) is 0 Å². The summed E-state index contributed by atoms with van der Waals surface area (Å²) < 4.78 is 0.932. The number of halogens is 1. The Morgan fingerprint density at radius 1 is 1.26 bits per heavy atom. The summed E-state index contributed by atoms with van der Waals surface area (Å²) in [4.78, 5) is 31.5. The third-order valence-corrected chi connectivity index (χ3v) is 5.36. The highest BCUT2D eigenvalue weighted by Crippen LogP contribution is 2.45. The maximum Gasteiger partial charge on any atom is 0.258 e. The highest BCUT2D eigenvalue weighted by Gasteiger charge is 2.39. The van der Waals surface area contributed by atoms with Crippen LogP contribution in [0.1, 0.15) is 17.0 Å². The Hall–Kier alpha value is -2.06. The second kappa shape index (κ2) is 5.24. The summed E-state index contributed by atoms with van der Waals surface area (Å²) in [6.07, 6.45) is 0. The Morgan fingerprint density at radius 3 is 2.74 bits per heavy atom. The SMILES string of the molecule is Nc1nc2c(c(=O)[nH]1)C(c1ccc(Br)cc1)C1=C(CSC1=O)N2. The maximum absolute atomic E-state index is 12.5. The number of benzene rings is 1. The van der Waals surface area contributed by atoms with E-state index < -0.39 is 5.92 Å². The van der Waals surface area contributed by atoms with Gasteiger partial charge in [0.25, 0.3) is 5.56 Å². The second-order valence-electron chi connectivity index (χ2n) is 5.29. The molecule has 4 N–H and O–H groups in total. The minimum atomic E-state index is -0.436. The number of nitrogens with zero attached hydrogens (tertiary/aromatic N) is 1. The molecule has 1 atom stereocenters. The zero-order valence-electron chi connectivity index (χ0n) is 11.7. The van der Waals surface area contributed by atoms with E-state index in [9.17, 15) is 9.59 Å². The lowest BCUT2D eigenvalue weighted by Gasteiger charge is -2.26. The summed E-state index contributed by atoms with van der Waals surface area (Å²) >= 11 is 4.63. The molecule has 0 aliphatic carbocycles. The summed E-state index contributed by atoms with van der Waals surface area (Å²) in [5.74, 6) is 0.591. The second-order valence-corrected chi connectivity index (χ2v) is 7.16. The largest absolute Gasteiger partial charge is 0.369 e. The Labute approximate surface area is 143 Å². The predicted molar refractivity (Wildman–Crippen MR) is 93.4 cm³/mol. The van der Waals surface area contributed by atoms with Crippen LogP contribution < -0.4 is 16.6 Å². The number of aromatic amines is 1. The molecule has 4 rings (SSSR count). The Morgan fingerprint density at radius 2 is 2.00 bits per heavy atom. The molecule has 0 saturated heterocycles. The van der Waals surface area contributed by atoms with Crippen LogP contribution in [0.2, 0.25) is 0 Å². The lowest BCUT2D eigenvalue weighted by atomic mass is 9.83. The number of nitrogens with two attached hydrogens (primary N) is 1. The van der Waals surface area contributed by atoms with Crippen molar-refractivity contribution in [3.8, 4) is 0 Å². The van der Waals surface area contributed by atoms with Crippen molar-refractivity contribution in [1.82, 2.24) is 9.97 Å². The third-order valence-electron chi connectivity index (χ3n) is 3.92. The van der Waals surface area contributed by atoms with Crippen LogP contribution in [-0.2, 0) is 4.79 Å². The van der Waals surface area contributed by atoms with E-state index in [0.29, 0.717) is 22.7 Å². The first-order valence-electron chi connectivity index (χ1n) is 6.87. The monoisotopic (exact) mass is 390 g/mol. The van der Waals surface area contributed by atoms with Crippen LogP contribution in [0.3, 0.4) is 0 Å². The normalized spacial score (nSPS) is 19.3. The molecule has 0 spiro atoms. The Kier molecular flexibility index (Phi) is 3.31. The van der Waals surface area contributed by atoms with Gasteiger partial charge < -0.3 is 11.1 Å². The standard InChI is InChI=1S/C15H11BrN4O2S/c16-7-3-1-6(2-4-7)9-10-8(5-23-14(10)22)18-12-11(9)13(21)20-15(17)19-12/h1-4,9H,5H2,(H4,17,18,19,20,21). The molecule has 3 heterocycles. The molecule has 8 heteroatoms. The number of nitrogens with one attached hydrogen (secondary N) is 2. The van der Waals surface area contributed by atoms with E-state index in [-0.39, 0.29) is 16.6 Å². The fourth-order valence-electron chi connectivity index (χ4n) is 2.95. The number of anilines is 2. The highest BCUT2D eigenvalue weighted by atomic mass is 79.9. The lowest BCUT2D eigenvalue weighted by Crippen LogP contribution is -2.29. The van der Waals surface area contributed by atoms with Crippen LogP contribution in [0.5, 0.6) is 0 Å². The van der Waals surface area contributed by atoms with Crippen molar-refractivity contribution >= 4 is 44.6 Å². The minimum absolute atomic E-state index is 0.0118. The summed E-state index contributed by atoms with van der Waals surface area (Å²) in [5.41, 5.74) is 8.05. The first-order valence-corrected chi connectivity index (χ1v) is 8.65. The number of aromatic nitrogens is 2. The van der Waals surface area contributed by atoms with Crippen molar-refractivity contribution in [2.45, 2.75) is 5.92 Å². The fraction of sp³-hybridized carbons (Fsp3) is 0.133. The summed E-state index contributed by atoms with van der Waals surface area (Å²) in [6.45, 7) is 0. The molecular weight excluding hydrogens is 380 g/mol. The van der Waals surface area contributed by atoms with E-state index in [2.05, 4.69) is 31.2 Å². The van der Waals surface area contributed by atoms with Crippen LogP contribution in [0.25, 0.3) is 0 Å². The molecule has 1 aromatic carbocycles. The van der Waals surface area contributed by atoms with E-state index in [0.717, 1.165) is 15.7 Å². The number of rotatable bonds is 1. The first-order chi connectivity index (χ1) is 11.0. The molecule has 0 saturated carbocycles. The number of hydrogen-bond donors (Lipinski definition) is 3. The van der Waals surface area contributed by atoms with Gasteiger partial charge in [0.1, 0.15) is 5.82 Å². The predicted octanol–water partition coefficient (Wildman–Crippen LogP) is 2.20. The van der Waals surface area contributed by atoms with Crippen molar-refractivity contribution in [2.24, 2.45) is 0 Å². The van der Waals surface area contributed by atoms with Crippen molar-refractivity contribution in [3.05, 3.63) is 61.5 Å². The number of fused-ring (bicyclic) bond motifs is 1. The smallest absolute Gasteiger partial charge is 0.258 e. The Bertz CT molecular complexity index is 920. The van der Waals surface area contributed by atoms with E-state index in [1.54, 1.807) is 0 Å². The van der Waals surface area contributed by atoms with Gasteiger partial charge in [-0.05, 0) is 17.7 Å². The number of carbonyl (C=O) groups is 1. The first kappa shape index (κ1) is 14.5. The average molecular weight is 391 g/mol. The van der Waals surface area contributed by atoms with Gasteiger partial charge in [-0.3, -0.25) is 14.6 Å². The van der Waals surface area contributed by atoms with E-state index in [4.69, 9.17) is 5.73 Å². The van der Waals surface area contributed by atoms with Gasteiger partial charge >= 0.3 is 0 Å². The Balaban J connectivity index is 1.99. The maximum atomic E-state index is 12.5. The van der Waals surface area contributed by atoms with Gasteiger partial charge in [-0.1, -0.05) is 39.8 Å². The van der Waals surface area contributed by atoms with Gasteiger partial charge in [0.2, 0.25) is 11.1 Å². The fourth-order valence-corrected chi connectivity index (χ4v) is 4.11. The van der Waals surface area contributed by atoms with Gasteiger partial charge in [-0.25, -0.2) is 0 Å². The quantitative estimate of drug-likeness (QED) is 0.689. The highest BCUT2D eigenvalue weighted by molar-refractivity contribution is 9.10. The molecule has 23 heavy (non-hydrogen) atoms. The molecular formula is C15H11BrN4O2S. The molecule has 2 aliphatic rings. The molecule has 2 aliphatic heterocycles. The van der Waals surface area contributed by atoms with Crippen molar-refractivity contribution < 1.29 is 4.79 Å². The molecule has 0 bridgehead atoms. The van der Waals surface area contributed by atoms with Gasteiger partial charge in [-0.2, -0.15) is 4.98 Å². The number of H-pyrrole nitrogens is 1. The van der Waals surface area contributed by atoms with Crippen LogP contribution in [0.15, 0.2) is 44.8 Å². The molecule has 0 radical (unpaired) electrons. The summed E-state index contributed by atoms with van der Waals surface area (Å²) in [5, 5.41) is 3.09.